The zero-order valence-corrected chi connectivity index (χ0v) is 12.1. The molecule has 0 amide bonds. The second kappa shape index (κ2) is 7.94. The van der Waals surface area contributed by atoms with E-state index in [9.17, 15) is 0 Å². The van der Waals surface area contributed by atoms with Gasteiger partial charge in [-0.2, -0.15) is 0 Å². The van der Waals surface area contributed by atoms with Crippen molar-refractivity contribution in [2.45, 2.75) is 60.7 Å². The van der Waals surface area contributed by atoms with Crippen LogP contribution in [0.3, 0.4) is 0 Å². The lowest BCUT2D eigenvalue weighted by atomic mass is 9.73. The van der Waals surface area contributed by atoms with Crippen molar-refractivity contribution in [1.82, 2.24) is 5.23 Å². The summed E-state index contributed by atoms with van der Waals surface area (Å²) in [5.41, 5.74) is 1.87. The van der Waals surface area contributed by atoms with Crippen LogP contribution in [0, 0.1) is 11.3 Å². The highest BCUT2D eigenvalue weighted by Gasteiger charge is 2.26. The predicted molar refractivity (Wildman–Crippen MR) is 75.8 cm³/mol. The third-order valence-electron chi connectivity index (χ3n) is 4.02. The largest absolute Gasteiger partial charge is 0.360 e. The summed E-state index contributed by atoms with van der Waals surface area (Å²) >= 11 is 0. The van der Waals surface area contributed by atoms with Crippen molar-refractivity contribution in [2.75, 3.05) is 6.54 Å². The molecule has 2 heteroatoms. The summed E-state index contributed by atoms with van der Waals surface area (Å²) in [5.74, 6) is 0.727. The van der Waals surface area contributed by atoms with Gasteiger partial charge >= 0.3 is 0 Å². The van der Waals surface area contributed by atoms with Gasteiger partial charge in [-0.05, 0) is 38.0 Å². The number of hydrogen-bond acceptors (Lipinski definition) is 1. The molecule has 0 rings (SSSR count). The van der Waals surface area contributed by atoms with Crippen LogP contribution < -0.4 is 5.23 Å². The molecule has 0 aliphatic heterocycles. The molecule has 16 heavy (non-hydrogen) atoms. The van der Waals surface area contributed by atoms with Gasteiger partial charge in [0, 0.05) is 0 Å². The Kier molecular flexibility index (Phi) is 7.83. The van der Waals surface area contributed by atoms with Gasteiger partial charge in [0.15, 0.2) is 0 Å². The molecule has 0 aromatic carbocycles. The molecule has 1 radical (unpaired) electrons. The average molecular weight is 222 g/mol. The predicted octanol–water partition coefficient (Wildman–Crippen LogP) is 4.04. The smallest absolute Gasteiger partial charge is 0.209 e. The minimum absolute atomic E-state index is 0.483. The summed E-state index contributed by atoms with van der Waals surface area (Å²) in [6, 6.07) is 0. The lowest BCUT2D eigenvalue weighted by Gasteiger charge is -2.34. The van der Waals surface area contributed by atoms with Gasteiger partial charge in [0.25, 0.3) is 0 Å². The molecule has 0 heterocycles. The van der Waals surface area contributed by atoms with E-state index in [-0.39, 0.29) is 0 Å². The van der Waals surface area contributed by atoms with Crippen LogP contribution in [-0.2, 0) is 0 Å². The lowest BCUT2D eigenvalue weighted by Crippen LogP contribution is -2.34. The molecule has 0 saturated heterocycles. The Morgan fingerprint density at radius 3 is 2.31 bits per heavy atom. The second-order valence-corrected chi connectivity index (χ2v) is 5.39. The Labute approximate surface area is 103 Å². The molecule has 0 aliphatic rings. The highest BCUT2D eigenvalue weighted by Crippen LogP contribution is 2.33. The minimum Gasteiger partial charge on any atom is -0.360 e. The van der Waals surface area contributed by atoms with Crippen molar-refractivity contribution in [3.05, 3.63) is 11.6 Å². The Morgan fingerprint density at radius 2 is 1.88 bits per heavy atom. The molecule has 0 aromatic rings. The third-order valence-corrected chi connectivity index (χ3v) is 4.02. The number of nitrogens with one attached hydrogen (secondary N) is 1. The normalized spacial score (nSPS) is 13.4. The van der Waals surface area contributed by atoms with Crippen LogP contribution >= 0.6 is 0 Å². The van der Waals surface area contributed by atoms with Crippen molar-refractivity contribution in [1.29, 1.82) is 0 Å². The second-order valence-electron chi connectivity index (χ2n) is 5.39. The Hall–Kier alpha value is -0.235. The van der Waals surface area contributed by atoms with Crippen molar-refractivity contribution in [3.8, 4) is 0 Å². The van der Waals surface area contributed by atoms with Gasteiger partial charge < -0.3 is 5.23 Å². The summed E-state index contributed by atoms with van der Waals surface area (Å²) < 4.78 is 0. The van der Waals surface area contributed by atoms with E-state index in [2.05, 4.69) is 60.3 Å². The monoisotopic (exact) mass is 222 g/mol. The van der Waals surface area contributed by atoms with Crippen molar-refractivity contribution in [2.24, 2.45) is 11.3 Å². The Bertz CT molecular complexity index is 203. The molecular weight excluding hydrogens is 193 g/mol. The van der Waals surface area contributed by atoms with Crippen molar-refractivity contribution >= 4 is 7.41 Å². The minimum atomic E-state index is 0.483. The first kappa shape index (κ1) is 15.8. The van der Waals surface area contributed by atoms with Gasteiger partial charge in [0.1, 0.15) is 0 Å². The summed E-state index contributed by atoms with van der Waals surface area (Å²) in [6.45, 7) is 14.7. The molecule has 0 aromatic heterocycles. The highest BCUT2D eigenvalue weighted by atomic mass is 14.8. The van der Waals surface area contributed by atoms with E-state index in [0.717, 1.165) is 18.8 Å². The van der Waals surface area contributed by atoms with E-state index >= 15 is 0 Å². The van der Waals surface area contributed by atoms with E-state index in [1.165, 1.54) is 18.4 Å². The molecule has 0 spiro atoms. The van der Waals surface area contributed by atoms with Crippen LogP contribution in [0.4, 0.5) is 0 Å². The molecule has 1 nitrogen and oxygen atoms in total. The Balaban J connectivity index is 3.80. The molecular formula is C14H29BN. The van der Waals surface area contributed by atoms with Gasteiger partial charge in [-0.1, -0.05) is 52.2 Å². The quantitative estimate of drug-likeness (QED) is 0.371. The van der Waals surface area contributed by atoms with Gasteiger partial charge in [-0.15, -0.1) is 0 Å². The SMILES string of the molecule is CCC(C)(CC)C(C)CN[B]CC=C(C)C. The van der Waals surface area contributed by atoms with Crippen LogP contribution in [0.2, 0.25) is 6.32 Å². The molecule has 1 N–H and O–H groups in total. The van der Waals surface area contributed by atoms with Crippen LogP contribution in [-0.4, -0.2) is 14.0 Å². The van der Waals surface area contributed by atoms with Gasteiger partial charge in [0.2, 0.25) is 7.41 Å². The topological polar surface area (TPSA) is 12.0 Å². The van der Waals surface area contributed by atoms with Crippen LogP contribution in [0.5, 0.6) is 0 Å². The average Bonchev–Trinajstić information content (AvgIpc) is 2.26. The molecule has 1 unspecified atom stereocenters. The van der Waals surface area contributed by atoms with Gasteiger partial charge in [0.05, 0.1) is 0 Å². The number of allylic oxidation sites excluding steroid dienone is 2. The van der Waals surface area contributed by atoms with Crippen molar-refractivity contribution < 1.29 is 0 Å². The number of rotatable bonds is 8. The molecule has 0 bridgehead atoms. The van der Waals surface area contributed by atoms with Crippen LogP contribution in [0.1, 0.15) is 54.4 Å². The van der Waals surface area contributed by atoms with E-state index in [1.807, 2.05) is 0 Å². The zero-order valence-electron chi connectivity index (χ0n) is 12.1. The standard InChI is InChI=1S/C14H29BN/c1-7-14(6,8-2)13(5)11-16-15-10-9-12(3)4/h9,13,16H,7-8,10-11H2,1-6H3. The molecule has 1 atom stereocenters. The fourth-order valence-electron chi connectivity index (χ4n) is 1.83. The fraction of sp³-hybridized carbons (Fsp3) is 0.857. The maximum atomic E-state index is 3.45. The van der Waals surface area contributed by atoms with Crippen LogP contribution in [0.15, 0.2) is 11.6 Å². The van der Waals surface area contributed by atoms with E-state index in [0.29, 0.717) is 5.41 Å². The maximum absolute atomic E-state index is 3.45. The summed E-state index contributed by atoms with van der Waals surface area (Å²) in [5, 5.41) is 3.45. The van der Waals surface area contributed by atoms with Gasteiger partial charge in [-0.25, -0.2) is 0 Å². The summed E-state index contributed by atoms with van der Waals surface area (Å²) in [6.07, 6.45) is 5.81. The molecule has 93 valence electrons. The Morgan fingerprint density at radius 1 is 1.31 bits per heavy atom. The maximum Gasteiger partial charge on any atom is 0.209 e. The summed E-state index contributed by atoms with van der Waals surface area (Å²) in [4.78, 5) is 0. The lowest BCUT2D eigenvalue weighted by molar-refractivity contribution is 0.186. The summed E-state index contributed by atoms with van der Waals surface area (Å²) in [7, 11) is 2.18. The van der Waals surface area contributed by atoms with E-state index in [4.69, 9.17) is 0 Å². The molecule has 0 fully saturated rings. The van der Waals surface area contributed by atoms with E-state index < -0.39 is 0 Å². The molecule has 0 saturated carbocycles. The number of hydrogen-bond donors (Lipinski definition) is 1. The first-order valence-corrected chi connectivity index (χ1v) is 6.64. The van der Waals surface area contributed by atoms with Gasteiger partial charge in [-0.3, -0.25) is 0 Å². The van der Waals surface area contributed by atoms with E-state index in [1.54, 1.807) is 0 Å². The first-order chi connectivity index (χ1) is 7.46. The third kappa shape index (κ3) is 5.74. The first-order valence-electron chi connectivity index (χ1n) is 6.64. The molecule has 0 aliphatic carbocycles. The zero-order chi connectivity index (χ0) is 12.6. The highest BCUT2D eigenvalue weighted by molar-refractivity contribution is 6.32. The fourth-order valence-corrected chi connectivity index (χ4v) is 1.83. The van der Waals surface area contributed by atoms with Crippen molar-refractivity contribution in [3.63, 3.8) is 0 Å². The van der Waals surface area contributed by atoms with Crippen LogP contribution in [0.25, 0.3) is 0 Å².